The number of rotatable bonds is 3. The molecule has 0 bridgehead atoms. The molecule has 0 saturated heterocycles. The van der Waals surface area contributed by atoms with Crippen LogP contribution in [-0.4, -0.2) is 22.2 Å². The third-order valence-corrected chi connectivity index (χ3v) is 3.35. The van der Waals surface area contributed by atoms with Crippen molar-refractivity contribution in [2.24, 2.45) is 4.99 Å². The highest BCUT2D eigenvalue weighted by atomic mass is 16.7. The average Bonchev–Trinajstić information content (AvgIpc) is 3.07. The minimum atomic E-state index is -0.733. The SMILES string of the molecule is Cc1ccccc1N=C(NOC(=O)Nc1ccccc1)c1nonc1N. The molecule has 4 N–H and O–H groups in total. The molecule has 132 valence electrons. The van der Waals surface area contributed by atoms with Crippen LogP contribution in [0.5, 0.6) is 0 Å². The minimum absolute atomic E-state index is 0.0110. The second-order valence-electron chi connectivity index (χ2n) is 5.23. The number of amides is 1. The Kier molecular flexibility index (Phi) is 5.08. The number of aryl methyl sites for hydroxylation is 1. The Hall–Kier alpha value is -3.88. The van der Waals surface area contributed by atoms with E-state index >= 15 is 0 Å². The molecule has 3 aromatic rings. The summed E-state index contributed by atoms with van der Waals surface area (Å²) in [6, 6.07) is 16.3. The Morgan fingerprint density at radius 2 is 1.85 bits per heavy atom. The lowest BCUT2D eigenvalue weighted by atomic mass is 10.2. The van der Waals surface area contributed by atoms with Gasteiger partial charge in [-0.1, -0.05) is 36.4 Å². The molecular weight excluding hydrogens is 336 g/mol. The lowest BCUT2D eigenvalue weighted by molar-refractivity contribution is 0.135. The van der Waals surface area contributed by atoms with Gasteiger partial charge in [-0.3, -0.25) is 5.32 Å². The highest BCUT2D eigenvalue weighted by Gasteiger charge is 2.17. The number of aromatic nitrogens is 2. The third-order valence-electron chi connectivity index (χ3n) is 3.35. The molecule has 0 spiro atoms. The number of carbonyl (C=O) groups excluding carboxylic acids is 1. The normalized spacial score (nSPS) is 11.0. The van der Waals surface area contributed by atoms with E-state index in [2.05, 4.69) is 30.7 Å². The lowest BCUT2D eigenvalue weighted by Gasteiger charge is -2.09. The zero-order valence-electron chi connectivity index (χ0n) is 13.8. The van der Waals surface area contributed by atoms with Gasteiger partial charge in [0.1, 0.15) is 0 Å². The molecule has 0 fully saturated rings. The molecule has 0 atom stereocenters. The highest BCUT2D eigenvalue weighted by Crippen LogP contribution is 2.19. The number of nitrogens with zero attached hydrogens (tertiary/aromatic N) is 3. The smallest absolute Gasteiger partial charge is 0.379 e. The van der Waals surface area contributed by atoms with Gasteiger partial charge in [-0.2, -0.15) is 5.48 Å². The minimum Gasteiger partial charge on any atom is -0.379 e. The van der Waals surface area contributed by atoms with Crippen molar-refractivity contribution >= 4 is 29.1 Å². The highest BCUT2D eigenvalue weighted by molar-refractivity contribution is 6.02. The molecule has 26 heavy (non-hydrogen) atoms. The number of aliphatic imine (C=N–C) groups is 1. The summed E-state index contributed by atoms with van der Waals surface area (Å²) < 4.78 is 4.59. The number of hydroxylamine groups is 1. The summed E-state index contributed by atoms with van der Waals surface area (Å²) in [5.41, 5.74) is 10.4. The fourth-order valence-corrected chi connectivity index (χ4v) is 2.05. The van der Waals surface area contributed by atoms with E-state index in [0.29, 0.717) is 11.4 Å². The van der Waals surface area contributed by atoms with Crippen molar-refractivity contribution < 1.29 is 14.3 Å². The molecule has 0 aliphatic carbocycles. The van der Waals surface area contributed by atoms with E-state index in [1.807, 2.05) is 31.2 Å². The van der Waals surface area contributed by atoms with Crippen LogP contribution >= 0.6 is 0 Å². The number of nitrogen functional groups attached to an aromatic ring is 1. The molecular formula is C17H16N6O3. The van der Waals surface area contributed by atoms with Crippen LogP contribution in [0.25, 0.3) is 0 Å². The van der Waals surface area contributed by atoms with Gasteiger partial charge in [0.2, 0.25) is 0 Å². The molecule has 0 aliphatic rings. The van der Waals surface area contributed by atoms with Crippen molar-refractivity contribution in [1.29, 1.82) is 0 Å². The Labute approximate surface area is 148 Å². The van der Waals surface area contributed by atoms with Crippen molar-refractivity contribution in [1.82, 2.24) is 15.8 Å². The molecule has 0 aliphatic heterocycles. The maximum absolute atomic E-state index is 11.9. The van der Waals surface area contributed by atoms with Crippen LogP contribution < -0.4 is 16.5 Å². The summed E-state index contributed by atoms with van der Waals surface area (Å²) in [4.78, 5) is 21.4. The zero-order valence-corrected chi connectivity index (χ0v) is 13.8. The Bertz CT molecular complexity index is 923. The maximum Gasteiger partial charge on any atom is 0.435 e. The molecule has 1 aromatic heterocycles. The third kappa shape index (κ3) is 4.15. The van der Waals surface area contributed by atoms with E-state index < -0.39 is 6.09 Å². The van der Waals surface area contributed by atoms with Crippen LogP contribution in [0, 0.1) is 6.92 Å². The van der Waals surface area contributed by atoms with Gasteiger partial charge in [-0.05, 0) is 41.0 Å². The summed E-state index contributed by atoms with van der Waals surface area (Å²) in [5, 5.41) is 9.76. The fourth-order valence-electron chi connectivity index (χ4n) is 2.05. The number of nitrogens with one attached hydrogen (secondary N) is 2. The molecule has 9 heteroatoms. The van der Waals surface area contributed by atoms with Crippen LogP contribution in [0.4, 0.5) is 22.0 Å². The number of amidine groups is 1. The number of anilines is 2. The number of hydrogen-bond donors (Lipinski definition) is 3. The number of para-hydroxylation sites is 2. The van der Waals surface area contributed by atoms with Crippen molar-refractivity contribution in [3.63, 3.8) is 0 Å². The predicted octanol–water partition coefficient (Wildman–Crippen LogP) is 2.79. The molecule has 0 radical (unpaired) electrons. The Morgan fingerprint density at radius 3 is 2.54 bits per heavy atom. The van der Waals surface area contributed by atoms with Gasteiger partial charge in [0.05, 0.1) is 5.69 Å². The summed E-state index contributed by atoms with van der Waals surface area (Å²) in [6.07, 6.45) is -0.733. The van der Waals surface area contributed by atoms with E-state index in [4.69, 9.17) is 10.6 Å². The van der Waals surface area contributed by atoms with Crippen LogP contribution in [0.1, 0.15) is 11.3 Å². The second-order valence-corrected chi connectivity index (χ2v) is 5.23. The van der Waals surface area contributed by atoms with Gasteiger partial charge in [0.15, 0.2) is 17.3 Å². The summed E-state index contributed by atoms with van der Waals surface area (Å²) >= 11 is 0. The van der Waals surface area contributed by atoms with E-state index in [0.717, 1.165) is 5.56 Å². The molecule has 2 aromatic carbocycles. The summed E-state index contributed by atoms with van der Waals surface area (Å²) in [6.45, 7) is 1.89. The van der Waals surface area contributed by atoms with Gasteiger partial charge in [0.25, 0.3) is 0 Å². The van der Waals surface area contributed by atoms with Crippen LogP contribution in [0.15, 0.2) is 64.2 Å². The fraction of sp³-hybridized carbons (Fsp3) is 0.0588. The topological polar surface area (TPSA) is 128 Å². The van der Waals surface area contributed by atoms with Crippen molar-refractivity contribution in [3.8, 4) is 0 Å². The first-order valence-corrected chi connectivity index (χ1v) is 7.65. The zero-order chi connectivity index (χ0) is 18.4. The first kappa shape index (κ1) is 17.0. The number of carbonyl (C=O) groups is 1. The van der Waals surface area contributed by atoms with E-state index in [9.17, 15) is 4.79 Å². The molecule has 1 heterocycles. The summed E-state index contributed by atoms with van der Waals surface area (Å²) in [7, 11) is 0. The number of hydrogen-bond acceptors (Lipinski definition) is 7. The quantitative estimate of drug-likeness (QED) is 0.375. The van der Waals surface area contributed by atoms with Gasteiger partial charge in [-0.15, -0.1) is 0 Å². The Balaban J connectivity index is 1.78. The van der Waals surface area contributed by atoms with Gasteiger partial charge in [-0.25, -0.2) is 14.4 Å². The first-order chi connectivity index (χ1) is 12.6. The average molecular weight is 352 g/mol. The van der Waals surface area contributed by atoms with E-state index in [1.165, 1.54) is 0 Å². The molecule has 0 unspecified atom stereocenters. The van der Waals surface area contributed by atoms with Crippen LogP contribution in [0.3, 0.4) is 0 Å². The van der Waals surface area contributed by atoms with Gasteiger partial charge >= 0.3 is 6.09 Å². The monoisotopic (exact) mass is 352 g/mol. The Morgan fingerprint density at radius 1 is 1.12 bits per heavy atom. The van der Waals surface area contributed by atoms with Crippen LogP contribution in [0.2, 0.25) is 0 Å². The van der Waals surface area contributed by atoms with E-state index in [-0.39, 0.29) is 17.3 Å². The van der Waals surface area contributed by atoms with Crippen molar-refractivity contribution in [2.45, 2.75) is 6.92 Å². The van der Waals surface area contributed by atoms with Gasteiger partial charge in [0, 0.05) is 5.69 Å². The maximum atomic E-state index is 11.9. The lowest BCUT2D eigenvalue weighted by Crippen LogP contribution is -2.31. The molecule has 3 rings (SSSR count). The summed E-state index contributed by atoms with van der Waals surface area (Å²) in [5.74, 6) is 0.0955. The standard InChI is InChI=1S/C17H16N6O3/c1-11-7-5-6-10-13(11)20-16(14-15(18)22-26-21-14)23-25-17(24)19-12-8-3-2-4-9-12/h2-10H,1H3,(H2,18,22)(H,19,24)(H,20,23). The second kappa shape index (κ2) is 7.79. The number of nitrogens with two attached hydrogens (primary N) is 1. The van der Waals surface area contributed by atoms with E-state index in [1.54, 1.807) is 30.3 Å². The first-order valence-electron chi connectivity index (χ1n) is 7.65. The molecule has 0 saturated carbocycles. The predicted molar refractivity (Wildman–Crippen MR) is 95.8 cm³/mol. The van der Waals surface area contributed by atoms with Crippen molar-refractivity contribution in [2.75, 3.05) is 11.1 Å². The van der Waals surface area contributed by atoms with Gasteiger partial charge < -0.3 is 10.6 Å². The number of benzene rings is 2. The van der Waals surface area contributed by atoms with Crippen molar-refractivity contribution in [3.05, 3.63) is 65.9 Å². The largest absolute Gasteiger partial charge is 0.435 e. The molecule has 9 nitrogen and oxygen atoms in total. The van der Waals surface area contributed by atoms with Crippen LogP contribution in [-0.2, 0) is 4.84 Å². The molecule has 1 amide bonds.